The van der Waals surface area contributed by atoms with Crippen molar-refractivity contribution < 1.29 is 13.5 Å². The third-order valence-corrected chi connectivity index (χ3v) is 4.84. The number of benzene rings is 1. The van der Waals surface area contributed by atoms with Crippen LogP contribution in [0.3, 0.4) is 0 Å². The van der Waals surface area contributed by atoms with E-state index in [2.05, 4.69) is 6.92 Å². The summed E-state index contributed by atoms with van der Waals surface area (Å²) in [6, 6.07) is 7.05. The molecule has 1 N–H and O–H groups in total. The van der Waals surface area contributed by atoms with Gasteiger partial charge >= 0.3 is 0 Å². The molecule has 0 bridgehead atoms. The Balaban J connectivity index is 2.20. The van der Waals surface area contributed by atoms with E-state index < -0.39 is 9.84 Å². The molecule has 1 fully saturated rings. The Labute approximate surface area is 102 Å². The van der Waals surface area contributed by atoms with Crippen LogP contribution in [-0.4, -0.2) is 25.9 Å². The Kier molecular flexibility index (Phi) is 3.27. The first-order valence-electron chi connectivity index (χ1n) is 5.91. The summed E-state index contributed by atoms with van der Waals surface area (Å²) in [6.07, 6.45) is 2.76. The summed E-state index contributed by atoms with van der Waals surface area (Å²) >= 11 is 0. The van der Waals surface area contributed by atoms with Crippen LogP contribution in [0.1, 0.15) is 31.2 Å². The van der Waals surface area contributed by atoms with E-state index in [1.807, 2.05) is 12.1 Å². The highest BCUT2D eigenvalue weighted by molar-refractivity contribution is 7.90. The minimum Gasteiger partial charge on any atom is -0.393 e. The molecule has 0 amide bonds. The molecule has 1 aromatic rings. The standard InChI is InChI=1S/C13H18O3S/c1-3-11-12(8-13(11)14)9-4-6-10(7-5-9)17(2,15)16/h4-7,11-14H,3,8H2,1-2H3. The number of aliphatic hydroxyl groups is 1. The summed E-state index contributed by atoms with van der Waals surface area (Å²) in [7, 11) is -3.11. The Morgan fingerprint density at radius 2 is 1.88 bits per heavy atom. The lowest BCUT2D eigenvalue weighted by Crippen LogP contribution is -2.39. The summed E-state index contributed by atoms with van der Waals surface area (Å²) in [4.78, 5) is 0.356. The zero-order valence-electron chi connectivity index (χ0n) is 10.1. The molecule has 2 rings (SSSR count). The quantitative estimate of drug-likeness (QED) is 0.897. The van der Waals surface area contributed by atoms with Crippen molar-refractivity contribution in [2.75, 3.05) is 6.26 Å². The van der Waals surface area contributed by atoms with Crippen LogP contribution in [0.15, 0.2) is 29.2 Å². The Morgan fingerprint density at radius 3 is 2.29 bits per heavy atom. The molecule has 1 aliphatic carbocycles. The van der Waals surface area contributed by atoms with Gasteiger partial charge in [-0.25, -0.2) is 8.42 Å². The summed E-state index contributed by atoms with van der Waals surface area (Å²) in [5, 5.41) is 9.63. The summed E-state index contributed by atoms with van der Waals surface area (Å²) in [6.45, 7) is 2.07. The van der Waals surface area contributed by atoms with Gasteiger partial charge in [0, 0.05) is 6.26 Å². The van der Waals surface area contributed by atoms with Gasteiger partial charge < -0.3 is 5.11 Å². The van der Waals surface area contributed by atoms with Crippen molar-refractivity contribution in [2.45, 2.75) is 36.7 Å². The van der Waals surface area contributed by atoms with Gasteiger partial charge in [-0.2, -0.15) is 0 Å². The predicted molar refractivity (Wildman–Crippen MR) is 66.7 cm³/mol. The largest absolute Gasteiger partial charge is 0.393 e. The predicted octanol–water partition coefficient (Wildman–Crippen LogP) is 1.96. The third-order valence-electron chi connectivity index (χ3n) is 3.71. The zero-order chi connectivity index (χ0) is 12.6. The molecule has 0 heterocycles. The molecule has 0 saturated heterocycles. The molecule has 3 nitrogen and oxygen atoms in total. The maximum absolute atomic E-state index is 11.3. The maximum atomic E-state index is 11.3. The SMILES string of the molecule is CCC1C(O)CC1c1ccc(S(C)(=O)=O)cc1. The van der Waals surface area contributed by atoms with Gasteiger partial charge in [-0.1, -0.05) is 25.5 Å². The van der Waals surface area contributed by atoms with Crippen molar-refractivity contribution in [3.63, 3.8) is 0 Å². The molecule has 4 heteroatoms. The van der Waals surface area contributed by atoms with E-state index >= 15 is 0 Å². The monoisotopic (exact) mass is 254 g/mol. The van der Waals surface area contributed by atoms with Crippen molar-refractivity contribution in [3.05, 3.63) is 29.8 Å². The summed E-state index contributed by atoms with van der Waals surface area (Å²) in [5.41, 5.74) is 1.13. The van der Waals surface area contributed by atoms with Crippen LogP contribution in [-0.2, 0) is 9.84 Å². The summed E-state index contributed by atoms with van der Waals surface area (Å²) in [5.74, 6) is 0.697. The van der Waals surface area contributed by atoms with Gasteiger partial charge in [0.05, 0.1) is 11.0 Å². The third kappa shape index (κ3) is 2.38. The fourth-order valence-corrected chi connectivity index (χ4v) is 3.21. The molecule has 0 aliphatic heterocycles. The smallest absolute Gasteiger partial charge is 0.175 e. The van der Waals surface area contributed by atoms with Crippen LogP contribution in [0.4, 0.5) is 0 Å². The lowest BCUT2D eigenvalue weighted by atomic mass is 9.66. The molecule has 17 heavy (non-hydrogen) atoms. The molecule has 1 aliphatic rings. The van der Waals surface area contributed by atoms with Gasteiger partial charge in [-0.05, 0) is 36.0 Å². The van der Waals surface area contributed by atoms with Crippen molar-refractivity contribution in [2.24, 2.45) is 5.92 Å². The highest BCUT2D eigenvalue weighted by Gasteiger charge is 2.39. The molecule has 94 valence electrons. The van der Waals surface area contributed by atoms with Crippen LogP contribution in [0.25, 0.3) is 0 Å². The second-order valence-corrected chi connectivity index (χ2v) is 6.84. The average molecular weight is 254 g/mol. The summed E-state index contributed by atoms with van der Waals surface area (Å²) < 4.78 is 22.7. The number of aliphatic hydroxyl groups excluding tert-OH is 1. The van der Waals surface area contributed by atoms with Crippen LogP contribution < -0.4 is 0 Å². The molecule has 1 aromatic carbocycles. The van der Waals surface area contributed by atoms with Gasteiger partial charge in [-0.3, -0.25) is 0 Å². The van der Waals surface area contributed by atoms with Crippen LogP contribution >= 0.6 is 0 Å². The van der Waals surface area contributed by atoms with E-state index in [0.717, 1.165) is 18.4 Å². The molecule has 0 aromatic heterocycles. The fraction of sp³-hybridized carbons (Fsp3) is 0.538. The van der Waals surface area contributed by atoms with Gasteiger partial charge in [0.1, 0.15) is 0 Å². The van der Waals surface area contributed by atoms with Gasteiger partial charge in [-0.15, -0.1) is 0 Å². The van der Waals surface area contributed by atoms with Crippen LogP contribution in [0.2, 0.25) is 0 Å². The van der Waals surface area contributed by atoms with E-state index in [4.69, 9.17) is 0 Å². The van der Waals surface area contributed by atoms with E-state index in [0.29, 0.717) is 16.7 Å². The van der Waals surface area contributed by atoms with Crippen molar-refractivity contribution in [1.82, 2.24) is 0 Å². The van der Waals surface area contributed by atoms with Crippen molar-refractivity contribution >= 4 is 9.84 Å². The van der Waals surface area contributed by atoms with Crippen LogP contribution in [0.5, 0.6) is 0 Å². The molecule has 3 unspecified atom stereocenters. The Bertz CT molecular complexity index is 490. The number of hydrogen-bond acceptors (Lipinski definition) is 3. The van der Waals surface area contributed by atoms with Crippen molar-refractivity contribution in [3.8, 4) is 0 Å². The second-order valence-electron chi connectivity index (χ2n) is 4.82. The molecule has 0 spiro atoms. The first kappa shape index (κ1) is 12.6. The van der Waals surface area contributed by atoms with E-state index in [-0.39, 0.29) is 6.10 Å². The topological polar surface area (TPSA) is 54.4 Å². The zero-order valence-corrected chi connectivity index (χ0v) is 10.9. The van der Waals surface area contributed by atoms with Crippen LogP contribution in [0, 0.1) is 5.92 Å². The first-order valence-corrected chi connectivity index (χ1v) is 7.80. The number of sulfone groups is 1. The number of hydrogen-bond donors (Lipinski definition) is 1. The lowest BCUT2D eigenvalue weighted by molar-refractivity contribution is -0.000742. The Hall–Kier alpha value is -0.870. The number of rotatable bonds is 3. The Morgan fingerprint density at radius 1 is 1.29 bits per heavy atom. The van der Waals surface area contributed by atoms with Gasteiger partial charge in [0.25, 0.3) is 0 Å². The molecule has 1 saturated carbocycles. The van der Waals surface area contributed by atoms with Gasteiger partial charge in [0.15, 0.2) is 9.84 Å². The van der Waals surface area contributed by atoms with E-state index in [1.165, 1.54) is 6.26 Å². The lowest BCUT2D eigenvalue weighted by Gasteiger charge is -2.41. The second kappa shape index (κ2) is 4.42. The highest BCUT2D eigenvalue weighted by atomic mass is 32.2. The fourth-order valence-electron chi connectivity index (χ4n) is 2.58. The minimum atomic E-state index is -3.11. The van der Waals surface area contributed by atoms with Crippen molar-refractivity contribution in [1.29, 1.82) is 0 Å². The van der Waals surface area contributed by atoms with E-state index in [1.54, 1.807) is 12.1 Å². The minimum absolute atomic E-state index is 0.195. The first-order chi connectivity index (χ1) is 7.93. The van der Waals surface area contributed by atoms with E-state index in [9.17, 15) is 13.5 Å². The molecule has 0 radical (unpaired) electrons. The average Bonchev–Trinajstić information content (AvgIpc) is 2.25. The normalized spacial score (nSPS) is 28.8. The maximum Gasteiger partial charge on any atom is 0.175 e. The molecular weight excluding hydrogens is 236 g/mol. The molecule has 3 atom stereocenters. The highest BCUT2D eigenvalue weighted by Crippen LogP contribution is 2.44. The van der Waals surface area contributed by atoms with Gasteiger partial charge in [0.2, 0.25) is 0 Å². The molecular formula is C13H18O3S.